The van der Waals surface area contributed by atoms with E-state index in [-0.39, 0.29) is 0 Å². The first kappa shape index (κ1) is 11.4. The van der Waals surface area contributed by atoms with Gasteiger partial charge in [-0.15, -0.1) is 0 Å². The number of nitrogens with two attached hydrogens (primary N) is 1. The van der Waals surface area contributed by atoms with Gasteiger partial charge in [-0.2, -0.15) is 0 Å². The second-order valence-electron chi connectivity index (χ2n) is 3.29. The van der Waals surface area contributed by atoms with Crippen molar-refractivity contribution in [1.82, 2.24) is 4.98 Å². The highest BCUT2D eigenvalue weighted by Gasteiger charge is 1.99. The second kappa shape index (κ2) is 5.30. The lowest BCUT2D eigenvalue weighted by Crippen LogP contribution is -1.92. The van der Waals surface area contributed by atoms with Gasteiger partial charge in [0, 0.05) is 11.2 Å². The molecule has 84 valence electrons. The van der Waals surface area contributed by atoms with Crippen LogP contribution in [-0.4, -0.2) is 4.98 Å². The third-order valence-electron chi connectivity index (χ3n) is 1.97. The molecule has 2 aromatic rings. The molecule has 0 aliphatic carbocycles. The molecule has 0 spiro atoms. The van der Waals surface area contributed by atoms with Crippen LogP contribution in [0.15, 0.2) is 30.5 Å². The Labute approximate surface area is 103 Å². The minimum Gasteiger partial charge on any atom is -0.375 e. The van der Waals surface area contributed by atoms with Gasteiger partial charge in [0.15, 0.2) is 5.13 Å². The quantitative estimate of drug-likeness (QED) is 0.912. The molecule has 0 aliphatic rings. The van der Waals surface area contributed by atoms with Crippen molar-refractivity contribution in [3.63, 3.8) is 0 Å². The standard InChI is InChI=1S/C11H11ClN2OS/c12-9-3-1-2-8(4-9)6-15-7-10-5-14-11(13)16-10/h1-5H,6-7H2,(H2,13,14). The first-order valence-electron chi connectivity index (χ1n) is 4.76. The zero-order chi connectivity index (χ0) is 11.4. The predicted octanol–water partition coefficient (Wildman–Crippen LogP) is 3.10. The molecule has 0 atom stereocenters. The van der Waals surface area contributed by atoms with Crippen molar-refractivity contribution < 1.29 is 4.74 Å². The molecule has 0 amide bonds. The number of hydrogen-bond acceptors (Lipinski definition) is 4. The average molecular weight is 255 g/mol. The van der Waals surface area contributed by atoms with Crippen molar-refractivity contribution >= 4 is 28.1 Å². The zero-order valence-electron chi connectivity index (χ0n) is 8.52. The fourth-order valence-electron chi connectivity index (χ4n) is 1.29. The van der Waals surface area contributed by atoms with E-state index in [1.54, 1.807) is 6.20 Å². The molecule has 3 nitrogen and oxygen atoms in total. The van der Waals surface area contributed by atoms with Gasteiger partial charge in [0.2, 0.25) is 0 Å². The molecule has 0 saturated heterocycles. The van der Waals surface area contributed by atoms with Gasteiger partial charge < -0.3 is 10.5 Å². The third kappa shape index (κ3) is 3.20. The van der Waals surface area contributed by atoms with Crippen molar-refractivity contribution in [2.75, 3.05) is 5.73 Å². The summed E-state index contributed by atoms with van der Waals surface area (Å²) < 4.78 is 5.53. The molecule has 0 aliphatic heterocycles. The summed E-state index contributed by atoms with van der Waals surface area (Å²) in [5.74, 6) is 0. The number of halogens is 1. The Morgan fingerprint density at radius 2 is 2.25 bits per heavy atom. The van der Waals surface area contributed by atoms with Crippen molar-refractivity contribution in [1.29, 1.82) is 0 Å². The number of nitrogens with zero attached hydrogens (tertiary/aromatic N) is 1. The van der Waals surface area contributed by atoms with Crippen molar-refractivity contribution in [2.24, 2.45) is 0 Å². The molecule has 0 bridgehead atoms. The number of nitrogen functional groups attached to an aromatic ring is 1. The van der Waals surface area contributed by atoms with Gasteiger partial charge in [0.05, 0.1) is 18.1 Å². The molecule has 2 rings (SSSR count). The van der Waals surface area contributed by atoms with Crippen LogP contribution in [0.2, 0.25) is 5.02 Å². The van der Waals surface area contributed by atoms with Crippen LogP contribution in [0.25, 0.3) is 0 Å². The molecule has 0 radical (unpaired) electrons. The monoisotopic (exact) mass is 254 g/mol. The molecule has 16 heavy (non-hydrogen) atoms. The number of aromatic nitrogens is 1. The number of anilines is 1. The number of hydrogen-bond donors (Lipinski definition) is 1. The summed E-state index contributed by atoms with van der Waals surface area (Å²) >= 11 is 7.31. The zero-order valence-corrected chi connectivity index (χ0v) is 10.1. The van der Waals surface area contributed by atoms with E-state index < -0.39 is 0 Å². The van der Waals surface area contributed by atoms with E-state index in [2.05, 4.69) is 4.98 Å². The number of rotatable bonds is 4. The van der Waals surface area contributed by atoms with Gasteiger partial charge in [-0.3, -0.25) is 0 Å². The lowest BCUT2D eigenvalue weighted by atomic mass is 10.2. The Balaban J connectivity index is 1.84. The Hall–Kier alpha value is -1.10. The van der Waals surface area contributed by atoms with E-state index >= 15 is 0 Å². The Kier molecular flexibility index (Phi) is 3.77. The summed E-state index contributed by atoms with van der Waals surface area (Å²) in [6.45, 7) is 1.07. The summed E-state index contributed by atoms with van der Waals surface area (Å²) in [5, 5.41) is 1.30. The van der Waals surface area contributed by atoms with E-state index in [4.69, 9.17) is 22.1 Å². The average Bonchev–Trinajstić information content (AvgIpc) is 2.64. The third-order valence-corrected chi connectivity index (χ3v) is 3.01. The van der Waals surface area contributed by atoms with Crippen LogP contribution >= 0.6 is 22.9 Å². The summed E-state index contributed by atoms with van der Waals surface area (Å²) in [6.07, 6.45) is 1.73. The minimum atomic E-state index is 0.529. The molecular formula is C11H11ClN2OS. The van der Waals surface area contributed by atoms with Crippen molar-refractivity contribution in [3.8, 4) is 0 Å². The molecule has 2 N–H and O–H groups in total. The number of thiazole rings is 1. The molecule has 1 heterocycles. The van der Waals surface area contributed by atoms with Crippen LogP contribution in [0, 0.1) is 0 Å². The van der Waals surface area contributed by atoms with Crippen LogP contribution in [0.5, 0.6) is 0 Å². The van der Waals surface area contributed by atoms with Crippen molar-refractivity contribution in [2.45, 2.75) is 13.2 Å². The fraction of sp³-hybridized carbons (Fsp3) is 0.182. The topological polar surface area (TPSA) is 48.1 Å². The van der Waals surface area contributed by atoms with Crippen LogP contribution in [0.3, 0.4) is 0 Å². The van der Waals surface area contributed by atoms with E-state index in [0.29, 0.717) is 18.3 Å². The van der Waals surface area contributed by atoms with Crippen LogP contribution in [0.4, 0.5) is 5.13 Å². The predicted molar refractivity (Wildman–Crippen MR) is 66.5 cm³/mol. The van der Waals surface area contributed by atoms with Gasteiger partial charge in [0.25, 0.3) is 0 Å². The lowest BCUT2D eigenvalue weighted by Gasteiger charge is -2.02. The summed E-state index contributed by atoms with van der Waals surface area (Å²) in [7, 11) is 0. The maximum atomic E-state index is 5.86. The van der Waals surface area contributed by atoms with E-state index in [9.17, 15) is 0 Å². The van der Waals surface area contributed by atoms with Crippen LogP contribution < -0.4 is 5.73 Å². The normalized spacial score (nSPS) is 10.6. The van der Waals surface area contributed by atoms with Gasteiger partial charge in [0.1, 0.15) is 0 Å². The summed E-state index contributed by atoms with van der Waals surface area (Å²) in [6, 6.07) is 7.62. The number of benzene rings is 1. The van der Waals surface area contributed by atoms with E-state index in [1.165, 1.54) is 11.3 Å². The molecule has 0 saturated carbocycles. The molecule has 1 aromatic carbocycles. The van der Waals surface area contributed by atoms with Crippen LogP contribution in [-0.2, 0) is 18.0 Å². The highest BCUT2D eigenvalue weighted by molar-refractivity contribution is 7.15. The molecule has 1 aromatic heterocycles. The Bertz CT molecular complexity index is 473. The second-order valence-corrected chi connectivity index (χ2v) is 4.87. The first-order valence-corrected chi connectivity index (χ1v) is 5.96. The SMILES string of the molecule is Nc1ncc(COCc2cccc(Cl)c2)s1. The van der Waals surface area contributed by atoms with Crippen molar-refractivity contribution in [3.05, 3.63) is 45.9 Å². The van der Waals surface area contributed by atoms with E-state index in [0.717, 1.165) is 15.5 Å². The minimum absolute atomic E-state index is 0.529. The van der Waals surface area contributed by atoms with Gasteiger partial charge in [-0.25, -0.2) is 4.98 Å². The van der Waals surface area contributed by atoms with E-state index in [1.807, 2.05) is 24.3 Å². The largest absolute Gasteiger partial charge is 0.375 e. The van der Waals surface area contributed by atoms with Gasteiger partial charge >= 0.3 is 0 Å². The fourth-order valence-corrected chi connectivity index (χ4v) is 2.12. The Morgan fingerprint density at radius 3 is 2.94 bits per heavy atom. The summed E-state index contributed by atoms with van der Waals surface area (Å²) in [5.41, 5.74) is 6.58. The van der Waals surface area contributed by atoms with Gasteiger partial charge in [-0.05, 0) is 17.7 Å². The van der Waals surface area contributed by atoms with Crippen LogP contribution in [0.1, 0.15) is 10.4 Å². The molecular weight excluding hydrogens is 244 g/mol. The maximum absolute atomic E-state index is 5.86. The molecule has 0 fully saturated rings. The number of ether oxygens (including phenoxy) is 1. The highest BCUT2D eigenvalue weighted by atomic mass is 35.5. The maximum Gasteiger partial charge on any atom is 0.180 e. The van der Waals surface area contributed by atoms with Gasteiger partial charge in [-0.1, -0.05) is 35.1 Å². The molecule has 5 heteroatoms. The highest BCUT2D eigenvalue weighted by Crippen LogP contribution is 2.16. The Morgan fingerprint density at radius 1 is 1.38 bits per heavy atom. The smallest absolute Gasteiger partial charge is 0.180 e. The summed E-state index contributed by atoms with van der Waals surface area (Å²) in [4.78, 5) is 4.98. The first-order chi connectivity index (χ1) is 7.74. The molecule has 0 unspecified atom stereocenters. The lowest BCUT2D eigenvalue weighted by molar-refractivity contribution is 0.109.